The number of carboxylic acid groups (broad SMARTS) is 1. The van der Waals surface area contributed by atoms with Gasteiger partial charge in [-0.05, 0) is 56.4 Å². The number of imidazole rings is 1. The van der Waals surface area contributed by atoms with Crippen LogP contribution in [0.4, 0.5) is 10.5 Å². The predicted molar refractivity (Wildman–Crippen MR) is 148 cm³/mol. The summed E-state index contributed by atoms with van der Waals surface area (Å²) in [5, 5.41) is 13.9. The van der Waals surface area contributed by atoms with Gasteiger partial charge in [-0.3, -0.25) is 19.4 Å². The molecule has 3 heterocycles. The summed E-state index contributed by atoms with van der Waals surface area (Å²) in [6, 6.07) is 3.86. The number of carbonyl (C=O) groups is 3. The van der Waals surface area contributed by atoms with Gasteiger partial charge in [0.25, 0.3) is 5.56 Å². The van der Waals surface area contributed by atoms with Crippen molar-refractivity contribution < 1.29 is 19.5 Å². The number of anilines is 1. The zero-order chi connectivity index (χ0) is 28.7. The maximum absolute atomic E-state index is 13.1. The van der Waals surface area contributed by atoms with Crippen LogP contribution in [0.2, 0.25) is 0 Å². The van der Waals surface area contributed by atoms with Crippen LogP contribution in [-0.4, -0.2) is 67.6 Å². The molecule has 0 spiro atoms. The third kappa shape index (κ3) is 8.00. The highest BCUT2D eigenvalue weighted by Gasteiger charge is 2.21. The van der Waals surface area contributed by atoms with E-state index in [1.165, 1.54) is 21.6 Å². The summed E-state index contributed by atoms with van der Waals surface area (Å²) in [4.78, 5) is 62.9. The minimum atomic E-state index is -1.37. The largest absolute Gasteiger partial charge is 0.465 e. The number of nitrogens with zero attached hydrogens (tertiary/aromatic N) is 4. The quantitative estimate of drug-likeness (QED) is 0.273. The number of pyridine rings is 2. The van der Waals surface area contributed by atoms with Gasteiger partial charge in [-0.1, -0.05) is 19.9 Å². The van der Waals surface area contributed by atoms with Crippen LogP contribution in [0.25, 0.3) is 11.0 Å². The summed E-state index contributed by atoms with van der Waals surface area (Å²) in [7, 11) is 3.22. The van der Waals surface area contributed by atoms with E-state index in [9.17, 15) is 24.3 Å². The van der Waals surface area contributed by atoms with Crippen molar-refractivity contribution in [1.29, 1.82) is 0 Å². The molecule has 1 atom stereocenters. The number of likely N-dealkylation sites (N-methyl/N-ethyl adjacent to an activating group) is 1. The summed E-state index contributed by atoms with van der Waals surface area (Å²) in [5.74, 6) is 0.0706. The van der Waals surface area contributed by atoms with Gasteiger partial charge in [-0.25, -0.2) is 9.78 Å². The third-order valence-corrected chi connectivity index (χ3v) is 5.86. The van der Waals surface area contributed by atoms with E-state index in [1.54, 1.807) is 32.4 Å². The zero-order valence-electron chi connectivity index (χ0n) is 22.8. The number of rotatable bonds is 11. The monoisotopic (exact) mass is 537 g/mol. The standard InChI is InChI=1S/C27H35N7O5/c1-16(2)13-20-24-21(14-17(3)28-20)29-22(32-24)15-34-12-8-10-19(26(34)37)30-25(36)18(31-27(38)39)9-6-7-11-23(35)33(4)5/h7-8,10-12,14,16,18,31H,6,9,13,15H2,1-5H3,(H,29,32)(H,30,36)(H,38,39)/b11-7+. The Morgan fingerprint density at radius 2 is 1.97 bits per heavy atom. The van der Waals surface area contributed by atoms with Crippen LogP contribution < -0.4 is 16.2 Å². The molecular formula is C27H35N7O5. The SMILES string of the molecule is Cc1cc2[nH]c(Cn3cccc(NC(=O)C(CC/C=C/C(=O)N(C)C)NC(=O)O)c3=O)nc2c(CC(C)C)n1. The van der Waals surface area contributed by atoms with Crippen molar-refractivity contribution >= 4 is 34.6 Å². The first-order valence-electron chi connectivity index (χ1n) is 12.7. The molecule has 3 aromatic heterocycles. The smallest absolute Gasteiger partial charge is 0.405 e. The fraction of sp³-hybridized carbons (Fsp3) is 0.407. The van der Waals surface area contributed by atoms with Gasteiger partial charge in [-0.2, -0.15) is 0 Å². The number of fused-ring (bicyclic) bond motifs is 1. The summed E-state index contributed by atoms with van der Waals surface area (Å²) in [6.45, 7) is 6.29. The Bertz CT molecular complexity index is 1440. The highest BCUT2D eigenvalue weighted by Crippen LogP contribution is 2.19. The van der Waals surface area contributed by atoms with Gasteiger partial charge in [-0.15, -0.1) is 0 Å². The molecule has 0 aliphatic rings. The first-order chi connectivity index (χ1) is 18.4. The maximum atomic E-state index is 13.1. The van der Waals surface area contributed by atoms with Crippen molar-refractivity contribution in [2.45, 2.75) is 52.6 Å². The number of H-pyrrole nitrogens is 1. The Balaban J connectivity index is 1.77. The molecule has 3 aromatic rings. The summed E-state index contributed by atoms with van der Waals surface area (Å²) in [6.07, 6.45) is 4.28. The molecule has 12 heteroatoms. The van der Waals surface area contributed by atoms with E-state index in [0.29, 0.717) is 11.7 Å². The minimum Gasteiger partial charge on any atom is -0.465 e. The van der Waals surface area contributed by atoms with Crippen LogP contribution in [0.5, 0.6) is 0 Å². The van der Waals surface area contributed by atoms with Crippen LogP contribution in [0.3, 0.4) is 0 Å². The van der Waals surface area contributed by atoms with Crippen LogP contribution in [0.1, 0.15) is 43.9 Å². The molecule has 3 rings (SSSR count). The first kappa shape index (κ1) is 29.1. The van der Waals surface area contributed by atoms with E-state index in [0.717, 1.165) is 28.8 Å². The van der Waals surface area contributed by atoms with Gasteiger partial charge < -0.3 is 30.2 Å². The number of hydrogen-bond donors (Lipinski definition) is 4. The van der Waals surface area contributed by atoms with E-state index in [4.69, 9.17) is 0 Å². The van der Waals surface area contributed by atoms with Crippen molar-refractivity contribution in [3.05, 3.63) is 64.1 Å². The Hall–Kier alpha value is -4.48. The molecule has 0 radical (unpaired) electrons. The van der Waals surface area contributed by atoms with Gasteiger partial charge in [0.1, 0.15) is 23.1 Å². The molecule has 0 aliphatic heterocycles. The van der Waals surface area contributed by atoms with Crippen molar-refractivity contribution in [2.24, 2.45) is 5.92 Å². The Morgan fingerprint density at radius 3 is 2.64 bits per heavy atom. The molecule has 1 unspecified atom stereocenters. The van der Waals surface area contributed by atoms with Gasteiger partial charge in [0.05, 0.1) is 17.8 Å². The number of aromatic nitrogens is 4. The lowest BCUT2D eigenvalue weighted by Crippen LogP contribution is -2.44. The fourth-order valence-corrected chi connectivity index (χ4v) is 4.02. The molecule has 0 saturated carbocycles. The van der Waals surface area contributed by atoms with Gasteiger partial charge in [0.2, 0.25) is 11.8 Å². The lowest BCUT2D eigenvalue weighted by atomic mass is 10.1. The number of hydrogen-bond acceptors (Lipinski definition) is 6. The average Bonchev–Trinajstić information content (AvgIpc) is 3.25. The molecule has 12 nitrogen and oxygen atoms in total. The van der Waals surface area contributed by atoms with Gasteiger partial charge >= 0.3 is 6.09 Å². The summed E-state index contributed by atoms with van der Waals surface area (Å²) < 4.78 is 1.41. The molecule has 0 bridgehead atoms. The second-order valence-corrected chi connectivity index (χ2v) is 9.95. The number of allylic oxidation sites excluding steroid dienone is 1. The van der Waals surface area contributed by atoms with Gasteiger partial charge in [0, 0.05) is 26.0 Å². The maximum Gasteiger partial charge on any atom is 0.405 e. The van der Waals surface area contributed by atoms with Crippen molar-refractivity contribution in [2.75, 3.05) is 19.4 Å². The van der Waals surface area contributed by atoms with Crippen LogP contribution in [0.15, 0.2) is 41.3 Å². The molecule has 4 N–H and O–H groups in total. The molecule has 0 fully saturated rings. The summed E-state index contributed by atoms with van der Waals surface area (Å²) in [5.41, 5.74) is 2.93. The van der Waals surface area contributed by atoms with E-state index in [2.05, 4.69) is 39.4 Å². The number of aromatic amines is 1. The molecular weight excluding hydrogens is 502 g/mol. The Morgan fingerprint density at radius 1 is 1.23 bits per heavy atom. The van der Waals surface area contributed by atoms with Crippen LogP contribution >= 0.6 is 0 Å². The lowest BCUT2D eigenvalue weighted by Gasteiger charge is -2.16. The molecule has 0 saturated heterocycles. The topological polar surface area (TPSA) is 162 Å². The predicted octanol–water partition coefficient (Wildman–Crippen LogP) is 2.67. The van der Waals surface area contributed by atoms with E-state index >= 15 is 0 Å². The first-order valence-corrected chi connectivity index (χ1v) is 12.7. The molecule has 0 aliphatic carbocycles. The second kappa shape index (κ2) is 12.9. The molecule has 208 valence electrons. The average molecular weight is 538 g/mol. The van der Waals surface area contributed by atoms with Crippen LogP contribution in [0, 0.1) is 12.8 Å². The van der Waals surface area contributed by atoms with Crippen molar-refractivity contribution in [3.63, 3.8) is 0 Å². The normalized spacial score (nSPS) is 12.2. The minimum absolute atomic E-state index is 0.00661. The number of nitrogens with one attached hydrogen (secondary N) is 3. The third-order valence-electron chi connectivity index (χ3n) is 5.86. The van der Waals surface area contributed by atoms with E-state index in [-0.39, 0.29) is 31.0 Å². The van der Waals surface area contributed by atoms with Crippen LogP contribution in [-0.2, 0) is 22.6 Å². The second-order valence-electron chi connectivity index (χ2n) is 9.95. The zero-order valence-corrected chi connectivity index (χ0v) is 22.8. The van der Waals surface area contributed by atoms with E-state index in [1.807, 2.05) is 13.0 Å². The lowest BCUT2D eigenvalue weighted by molar-refractivity contribution is -0.123. The van der Waals surface area contributed by atoms with Crippen molar-refractivity contribution in [1.82, 2.24) is 29.7 Å². The van der Waals surface area contributed by atoms with E-state index < -0.39 is 23.6 Å². The molecule has 0 aromatic carbocycles. The molecule has 3 amide bonds. The van der Waals surface area contributed by atoms with Gasteiger partial charge in [0.15, 0.2) is 0 Å². The summed E-state index contributed by atoms with van der Waals surface area (Å²) >= 11 is 0. The highest BCUT2D eigenvalue weighted by molar-refractivity contribution is 5.96. The fourth-order valence-electron chi connectivity index (χ4n) is 4.02. The number of aryl methyl sites for hydroxylation is 1. The Kier molecular flexibility index (Phi) is 9.58. The Labute approximate surface area is 226 Å². The molecule has 39 heavy (non-hydrogen) atoms. The highest BCUT2D eigenvalue weighted by atomic mass is 16.4. The number of amides is 3. The van der Waals surface area contributed by atoms with Crippen molar-refractivity contribution in [3.8, 4) is 0 Å². The number of carbonyl (C=O) groups excluding carboxylic acids is 2.